The smallest absolute Gasteiger partial charge is 0.257 e. The number of rotatable bonds is 9. The molecule has 2 heterocycles. The molecule has 3 rings (SSSR count). The lowest BCUT2D eigenvalue weighted by Gasteiger charge is -2.38. The molecule has 0 saturated carbocycles. The van der Waals surface area contributed by atoms with Crippen LogP contribution in [0.3, 0.4) is 0 Å². The number of thioether (sulfide) groups is 1. The predicted octanol–water partition coefficient (Wildman–Crippen LogP) is 5.28. The molecule has 0 aliphatic carbocycles. The second kappa shape index (κ2) is 12.5. The Kier molecular flexibility index (Phi) is 9.48. The van der Waals surface area contributed by atoms with Gasteiger partial charge in [-0.3, -0.25) is 9.79 Å². The molecule has 1 saturated heterocycles. The van der Waals surface area contributed by atoms with Gasteiger partial charge in [-0.05, 0) is 49.8 Å². The van der Waals surface area contributed by atoms with Crippen LogP contribution >= 0.6 is 11.8 Å². The van der Waals surface area contributed by atoms with E-state index in [1.165, 1.54) is 5.56 Å². The molecule has 1 aromatic carbocycles. The van der Waals surface area contributed by atoms with Gasteiger partial charge in [-0.25, -0.2) is 9.97 Å². The third-order valence-electron chi connectivity index (χ3n) is 5.97. The van der Waals surface area contributed by atoms with Crippen LogP contribution in [0.5, 0.6) is 0 Å². The van der Waals surface area contributed by atoms with Gasteiger partial charge in [0.25, 0.3) is 5.91 Å². The third kappa shape index (κ3) is 6.72. The number of aliphatic imine (C=N–C) groups is 1. The summed E-state index contributed by atoms with van der Waals surface area (Å²) in [6, 6.07) is 8.27. The van der Waals surface area contributed by atoms with Gasteiger partial charge in [-0.15, -0.1) is 0 Å². The molecule has 1 fully saturated rings. The van der Waals surface area contributed by atoms with Crippen molar-refractivity contribution < 1.29 is 4.79 Å². The van der Waals surface area contributed by atoms with E-state index in [0.717, 1.165) is 54.9 Å². The fraction of sp³-hybridized carbons (Fsp3) is 0.407. The van der Waals surface area contributed by atoms with E-state index < -0.39 is 0 Å². The summed E-state index contributed by atoms with van der Waals surface area (Å²) >= 11 is 1.72. The first kappa shape index (κ1) is 26.5. The van der Waals surface area contributed by atoms with Crippen LogP contribution in [0, 0.1) is 0 Å². The molecular formula is C27H36N6OS. The number of carbonyl (C=O) groups excluding carboxylic acids is 1. The van der Waals surface area contributed by atoms with Crippen molar-refractivity contribution in [2.75, 3.05) is 47.6 Å². The van der Waals surface area contributed by atoms with Gasteiger partial charge >= 0.3 is 0 Å². The summed E-state index contributed by atoms with van der Waals surface area (Å²) in [4.78, 5) is 31.0. The first-order valence-electron chi connectivity index (χ1n) is 12.0. The van der Waals surface area contributed by atoms with Crippen LogP contribution in [0.15, 0.2) is 59.4 Å². The number of nitrogens with zero attached hydrogens (tertiary/aromatic N) is 5. The lowest BCUT2D eigenvalue weighted by molar-refractivity contribution is -0.112. The minimum atomic E-state index is -0.206. The van der Waals surface area contributed by atoms with Crippen LogP contribution in [0.2, 0.25) is 0 Å². The second-order valence-corrected chi connectivity index (χ2v) is 9.53. The van der Waals surface area contributed by atoms with E-state index in [1.54, 1.807) is 24.1 Å². The largest absolute Gasteiger partial charge is 0.366 e. The highest BCUT2D eigenvalue weighted by molar-refractivity contribution is 7.97. The molecule has 186 valence electrons. The number of hydrogen-bond donors (Lipinski definition) is 1. The Morgan fingerprint density at radius 3 is 2.54 bits per heavy atom. The summed E-state index contributed by atoms with van der Waals surface area (Å²) in [6.07, 6.45) is 7.29. The fourth-order valence-electron chi connectivity index (χ4n) is 4.06. The van der Waals surface area contributed by atoms with Crippen LogP contribution in [0.25, 0.3) is 0 Å². The summed E-state index contributed by atoms with van der Waals surface area (Å²) in [6.45, 7) is 15.3. The number of allylic oxidation sites excluding steroid dienone is 1. The molecule has 0 bridgehead atoms. The van der Waals surface area contributed by atoms with Gasteiger partial charge in [0.15, 0.2) is 0 Å². The van der Waals surface area contributed by atoms with Crippen molar-refractivity contribution in [3.63, 3.8) is 0 Å². The molecule has 1 aromatic heterocycles. The van der Waals surface area contributed by atoms with Crippen LogP contribution < -0.4 is 15.1 Å². The van der Waals surface area contributed by atoms with E-state index >= 15 is 0 Å². The predicted molar refractivity (Wildman–Crippen MR) is 150 cm³/mol. The summed E-state index contributed by atoms with van der Waals surface area (Å²) in [5.74, 6) is 2.83. The average Bonchev–Trinajstić information content (AvgIpc) is 2.85. The number of amides is 1. The highest BCUT2D eigenvalue weighted by Crippen LogP contribution is 2.32. The van der Waals surface area contributed by atoms with Crippen molar-refractivity contribution in [3.05, 3.63) is 65.8 Å². The molecule has 1 amide bonds. The van der Waals surface area contributed by atoms with E-state index in [1.807, 2.05) is 32.2 Å². The Hall–Kier alpha value is -3.13. The van der Waals surface area contributed by atoms with Crippen LogP contribution in [-0.2, 0) is 10.5 Å². The van der Waals surface area contributed by atoms with Crippen LogP contribution in [-0.4, -0.2) is 54.5 Å². The fourth-order valence-corrected chi connectivity index (χ4v) is 4.46. The average molecular weight is 493 g/mol. The zero-order valence-electron chi connectivity index (χ0n) is 21.4. The van der Waals surface area contributed by atoms with E-state index in [-0.39, 0.29) is 5.91 Å². The molecule has 0 atom stereocenters. The maximum atomic E-state index is 13.1. The van der Waals surface area contributed by atoms with Gasteiger partial charge in [0.05, 0.1) is 28.4 Å². The van der Waals surface area contributed by atoms with Crippen molar-refractivity contribution in [1.29, 1.82) is 0 Å². The SMILES string of the molecule is C=C(N=CC)/C(=C\C)C(=O)Nc1ccc(C(C)C)cc1N1CCN(c2ccnc(CSC)n2)CC1. The number of piperazine rings is 1. The van der Waals surface area contributed by atoms with Gasteiger partial charge in [0.2, 0.25) is 0 Å². The molecular weight excluding hydrogens is 456 g/mol. The summed E-state index contributed by atoms with van der Waals surface area (Å²) < 4.78 is 0. The quantitative estimate of drug-likeness (QED) is 0.292. The molecule has 8 heteroatoms. The van der Waals surface area contributed by atoms with Gasteiger partial charge < -0.3 is 15.1 Å². The third-order valence-corrected chi connectivity index (χ3v) is 6.52. The first-order valence-corrected chi connectivity index (χ1v) is 13.4. The summed E-state index contributed by atoms with van der Waals surface area (Å²) in [5, 5.41) is 3.11. The summed E-state index contributed by atoms with van der Waals surface area (Å²) in [7, 11) is 0. The van der Waals surface area contributed by atoms with Gasteiger partial charge in [-0.2, -0.15) is 11.8 Å². The molecule has 1 aliphatic rings. The molecule has 0 spiro atoms. The van der Waals surface area contributed by atoms with Crippen LogP contribution in [0.4, 0.5) is 17.2 Å². The highest BCUT2D eigenvalue weighted by atomic mass is 32.2. The van der Waals surface area contributed by atoms with E-state index in [0.29, 0.717) is 17.2 Å². The lowest BCUT2D eigenvalue weighted by atomic mass is 10.0. The van der Waals surface area contributed by atoms with Crippen molar-refractivity contribution >= 4 is 41.1 Å². The minimum absolute atomic E-state index is 0.206. The van der Waals surface area contributed by atoms with E-state index in [2.05, 4.69) is 63.9 Å². The Morgan fingerprint density at radius 1 is 1.20 bits per heavy atom. The van der Waals surface area contributed by atoms with E-state index in [9.17, 15) is 4.79 Å². The van der Waals surface area contributed by atoms with Gasteiger partial charge in [-0.1, -0.05) is 32.6 Å². The Labute approximate surface area is 213 Å². The van der Waals surface area contributed by atoms with Crippen molar-refractivity contribution in [2.45, 2.75) is 39.4 Å². The molecule has 0 unspecified atom stereocenters. The maximum Gasteiger partial charge on any atom is 0.257 e. The number of anilines is 3. The number of hydrogen-bond acceptors (Lipinski definition) is 7. The number of nitrogens with one attached hydrogen (secondary N) is 1. The van der Waals surface area contributed by atoms with Gasteiger partial charge in [0.1, 0.15) is 11.6 Å². The molecule has 1 N–H and O–H groups in total. The minimum Gasteiger partial charge on any atom is -0.366 e. The number of benzene rings is 1. The molecule has 1 aliphatic heterocycles. The molecule has 35 heavy (non-hydrogen) atoms. The van der Waals surface area contributed by atoms with E-state index in [4.69, 9.17) is 4.98 Å². The lowest BCUT2D eigenvalue weighted by Crippen LogP contribution is -2.47. The number of aromatic nitrogens is 2. The standard InChI is InChI=1S/C27H36N6OS/c1-7-22(20(5)28-8-2)27(34)30-23-10-9-21(19(3)4)17-24(23)32-13-15-33(16-14-32)26-11-12-29-25(31-26)18-35-6/h7-12,17,19H,5,13-16,18H2,1-4,6H3,(H,30,34)/b22-7+,28-8?. The van der Waals surface area contributed by atoms with Crippen LogP contribution in [0.1, 0.15) is 45.0 Å². The zero-order valence-corrected chi connectivity index (χ0v) is 22.2. The Balaban J connectivity index is 1.81. The highest BCUT2D eigenvalue weighted by Gasteiger charge is 2.23. The Morgan fingerprint density at radius 2 is 1.91 bits per heavy atom. The second-order valence-electron chi connectivity index (χ2n) is 8.66. The monoisotopic (exact) mass is 492 g/mol. The molecule has 7 nitrogen and oxygen atoms in total. The molecule has 0 radical (unpaired) electrons. The topological polar surface area (TPSA) is 73.7 Å². The zero-order chi connectivity index (χ0) is 25.4. The van der Waals surface area contributed by atoms with Crippen molar-refractivity contribution in [3.8, 4) is 0 Å². The first-order chi connectivity index (χ1) is 16.9. The summed E-state index contributed by atoms with van der Waals surface area (Å²) in [5.41, 5.74) is 3.99. The number of carbonyl (C=O) groups is 1. The Bertz CT molecular complexity index is 1100. The van der Waals surface area contributed by atoms with Crippen molar-refractivity contribution in [2.24, 2.45) is 4.99 Å². The van der Waals surface area contributed by atoms with Crippen molar-refractivity contribution in [1.82, 2.24) is 9.97 Å². The molecule has 2 aromatic rings. The maximum absolute atomic E-state index is 13.1. The normalized spacial score (nSPS) is 14.6. The van der Waals surface area contributed by atoms with Gasteiger partial charge in [0, 0.05) is 38.6 Å².